The Bertz CT molecular complexity index is 1160. The number of carbonyl (C=O) groups excluding carboxylic acids is 1. The van der Waals surface area contributed by atoms with E-state index in [1.165, 1.54) is 25.7 Å². The molecular weight excluding hydrogens is 448 g/mol. The van der Waals surface area contributed by atoms with E-state index in [2.05, 4.69) is 25.2 Å². The summed E-state index contributed by atoms with van der Waals surface area (Å²) in [5.41, 5.74) is 2.29. The molecule has 3 aromatic rings. The van der Waals surface area contributed by atoms with Gasteiger partial charge in [-0.15, -0.1) is 0 Å². The van der Waals surface area contributed by atoms with Crippen molar-refractivity contribution in [2.45, 2.75) is 44.1 Å². The summed E-state index contributed by atoms with van der Waals surface area (Å²) in [6.45, 7) is 3.94. The molecule has 2 N–H and O–H groups in total. The van der Waals surface area contributed by atoms with Gasteiger partial charge in [-0.2, -0.15) is 0 Å². The summed E-state index contributed by atoms with van der Waals surface area (Å²) in [7, 11) is 0. The van der Waals surface area contributed by atoms with Gasteiger partial charge in [0.2, 0.25) is 5.91 Å². The van der Waals surface area contributed by atoms with E-state index in [0.717, 1.165) is 48.5 Å². The van der Waals surface area contributed by atoms with Crippen molar-refractivity contribution in [3.8, 4) is 0 Å². The van der Waals surface area contributed by atoms with E-state index < -0.39 is 0 Å². The highest BCUT2D eigenvalue weighted by Gasteiger charge is 2.46. The van der Waals surface area contributed by atoms with E-state index in [4.69, 9.17) is 11.6 Å². The first-order chi connectivity index (χ1) is 16.6. The monoisotopic (exact) mass is 478 g/mol. The number of nitrogens with zero attached hydrogens (tertiary/aromatic N) is 4. The molecular formula is C26H31ClN6O. The zero-order chi connectivity index (χ0) is 23.1. The topological polar surface area (TPSA) is 77.2 Å². The molecule has 1 aliphatic carbocycles. The third kappa shape index (κ3) is 3.95. The maximum absolute atomic E-state index is 14.0. The quantitative estimate of drug-likeness (QED) is 0.593. The van der Waals surface area contributed by atoms with Gasteiger partial charge in [0.15, 0.2) is 0 Å². The number of nitrogens with one attached hydrogen (secondary N) is 2. The molecule has 178 valence electrons. The van der Waals surface area contributed by atoms with Crippen LogP contribution in [0.2, 0.25) is 5.02 Å². The second-order valence-corrected chi connectivity index (χ2v) is 10.6. The van der Waals surface area contributed by atoms with Crippen LogP contribution in [0.25, 0.3) is 11.0 Å². The fourth-order valence-corrected chi connectivity index (χ4v) is 6.49. The van der Waals surface area contributed by atoms with E-state index in [1.807, 2.05) is 41.4 Å². The van der Waals surface area contributed by atoms with Gasteiger partial charge in [0, 0.05) is 50.0 Å². The summed E-state index contributed by atoms with van der Waals surface area (Å²) in [5.74, 6) is 0.983. The lowest BCUT2D eigenvalue weighted by Gasteiger charge is -2.38. The van der Waals surface area contributed by atoms with E-state index in [9.17, 15) is 4.79 Å². The number of benzene rings is 1. The molecule has 6 rings (SSSR count). The van der Waals surface area contributed by atoms with Crippen molar-refractivity contribution in [3.05, 3.63) is 53.4 Å². The van der Waals surface area contributed by atoms with Crippen LogP contribution in [0.1, 0.15) is 43.6 Å². The van der Waals surface area contributed by atoms with Crippen LogP contribution in [0, 0.1) is 5.41 Å². The van der Waals surface area contributed by atoms with E-state index >= 15 is 0 Å². The molecule has 8 heteroatoms. The fourth-order valence-electron chi connectivity index (χ4n) is 6.36. The Labute approximate surface area is 204 Å². The number of carbonyl (C=O) groups is 1. The molecule has 2 saturated heterocycles. The Hall–Kier alpha value is -2.64. The number of aromatic amines is 1. The first kappa shape index (κ1) is 21.9. The van der Waals surface area contributed by atoms with Crippen LogP contribution < -0.4 is 10.2 Å². The number of anilines is 1. The van der Waals surface area contributed by atoms with Gasteiger partial charge in [-0.3, -0.25) is 4.79 Å². The number of aromatic nitrogens is 3. The summed E-state index contributed by atoms with van der Waals surface area (Å²) < 4.78 is 0. The number of fused-ring (bicyclic) bond motifs is 1. The number of hydrogen-bond donors (Lipinski definition) is 2. The van der Waals surface area contributed by atoms with Crippen molar-refractivity contribution in [2.24, 2.45) is 5.41 Å². The number of piperazine rings is 1. The lowest BCUT2D eigenvalue weighted by molar-refractivity contribution is -0.133. The van der Waals surface area contributed by atoms with Gasteiger partial charge >= 0.3 is 0 Å². The fraction of sp³-hybridized carbons (Fsp3) is 0.500. The Kier molecular flexibility index (Phi) is 5.70. The molecule has 0 radical (unpaired) electrons. The predicted molar refractivity (Wildman–Crippen MR) is 134 cm³/mol. The third-order valence-corrected chi connectivity index (χ3v) is 8.43. The van der Waals surface area contributed by atoms with Gasteiger partial charge in [0.1, 0.15) is 17.8 Å². The zero-order valence-corrected chi connectivity index (χ0v) is 20.1. The van der Waals surface area contributed by atoms with Gasteiger partial charge in [0.05, 0.1) is 11.3 Å². The summed E-state index contributed by atoms with van der Waals surface area (Å²) in [5, 5.41) is 5.49. The average molecular weight is 479 g/mol. The van der Waals surface area contributed by atoms with Crippen LogP contribution >= 0.6 is 11.6 Å². The molecule has 3 fully saturated rings. The van der Waals surface area contributed by atoms with E-state index in [-0.39, 0.29) is 17.9 Å². The minimum absolute atomic E-state index is 0.172. The maximum atomic E-state index is 14.0. The highest BCUT2D eigenvalue weighted by molar-refractivity contribution is 6.30. The normalized spacial score (nSPS) is 23.1. The number of hydrogen-bond acceptors (Lipinski definition) is 5. The molecule has 2 aromatic heterocycles. The summed E-state index contributed by atoms with van der Waals surface area (Å²) >= 11 is 6.18. The van der Waals surface area contributed by atoms with Gasteiger partial charge in [0.25, 0.3) is 0 Å². The highest BCUT2D eigenvalue weighted by Crippen LogP contribution is 2.47. The van der Waals surface area contributed by atoms with Crippen molar-refractivity contribution in [1.29, 1.82) is 0 Å². The smallest absolute Gasteiger partial charge is 0.231 e. The molecule has 0 unspecified atom stereocenters. The SMILES string of the molecule is O=C([C@@H](c1ccc(Cl)cc1)[C@@H]1CC2(CCCC2)CN1)N1CCN(c2ncnc3[nH]ccc23)CC1. The number of H-pyrrole nitrogens is 1. The Morgan fingerprint density at radius 3 is 2.59 bits per heavy atom. The maximum Gasteiger partial charge on any atom is 0.231 e. The summed E-state index contributed by atoms with van der Waals surface area (Å²) in [4.78, 5) is 30.3. The van der Waals surface area contributed by atoms with Crippen molar-refractivity contribution in [2.75, 3.05) is 37.6 Å². The molecule has 4 heterocycles. The van der Waals surface area contributed by atoms with Crippen LogP contribution in [-0.2, 0) is 4.79 Å². The van der Waals surface area contributed by atoms with Crippen molar-refractivity contribution < 1.29 is 4.79 Å². The molecule has 3 aliphatic rings. The first-order valence-electron chi connectivity index (χ1n) is 12.4. The molecule has 34 heavy (non-hydrogen) atoms. The lowest BCUT2D eigenvalue weighted by atomic mass is 9.79. The van der Waals surface area contributed by atoms with Crippen LogP contribution in [0.15, 0.2) is 42.9 Å². The standard InChI is InChI=1S/C26H31ClN6O/c27-19-5-3-18(4-6-19)22(21-15-26(16-29-21)8-1-2-9-26)25(34)33-13-11-32(12-14-33)24-20-7-10-28-23(20)30-17-31-24/h3-7,10,17,21-22,29H,1-2,8-9,11-16H2,(H,28,30,31)/t21-,22-/m0/s1. The van der Waals surface area contributed by atoms with E-state index in [0.29, 0.717) is 23.5 Å². The lowest BCUT2D eigenvalue weighted by Crippen LogP contribution is -2.52. The van der Waals surface area contributed by atoms with Crippen molar-refractivity contribution in [3.63, 3.8) is 0 Å². The number of halogens is 1. The Morgan fingerprint density at radius 1 is 1.06 bits per heavy atom. The number of amides is 1. The summed E-state index contributed by atoms with van der Waals surface area (Å²) in [6, 6.07) is 10.1. The van der Waals surface area contributed by atoms with Gasteiger partial charge < -0.3 is 20.1 Å². The van der Waals surface area contributed by atoms with Crippen LogP contribution in [-0.4, -0.2) is 64.5 Å². The van der Waals surface area contributed by atoms with Crippen LogP contribution in [0.3, 0.4) is 0 Å². The molecule has 2 atom stereocenters. The van der Waals surface area contributed by atoms with E-state index in [1.54, 1.807) is 6.33 Å². The summed E-state index contributed by atoms with van der Waals surface area (Å²) in [6.07, 6.45) is 9.77. The minimum atomic E-state index is -0.181. The Balaban J connectivity index is 1.21. The first-order valence-corrected chi connectivity index (χ1v) is 12.8. The van der Waals surface area contributed by atoms with Crippen molar-refractivity contribution >= 4 is 34.4 Å². The van der Waals surface area contributed by atoms with Gasteiger partial charge in [-0.25, -0.2) is 9.97 Å². The van der Waals surface area contributed by atoms with Gasteiger partial charge in [-0.05, 0) is 48.4 Å². The molecule has 0 bridgehead atoms. The molecule has 1 aromatic carbocycles. The predicted octanol–water partition coefficient (Wildman–Crippen LogP) is 3.97. The second kappa shape index (κ2) is 8.86. The molecule has 2 aliphatic heterocycles. The molecule has 1 amide bonds. The largest absolute Gasteiger partial charge is 0.352 e. The molecule has 1 saturated carbocycles. The minimum Gasteiger partial charge on any atom is -0.352 e. The van der Waals surface area contributed by atoms with Crippen molar-refractivity contribution in [1.82, 2.24) is 25.2 Å². The molecule has 7 nitrogen and oxygen atoms in total. The molecule has 1 spiro atoms. The second-order valence-electron chi connectivity index (χ2n) is 10.2. The third-order valence-electron chi connectivity index (χ3n) is 8.18. The van der Waals surface area contributed by atoms with Crippen LogP contribution in [0.5, 0.6) is 0 Å². The number of rotatable bonds is 4. The average Bonchev–Trinajstić information content (AvgIpc) is 3.62. The van der Waals surface area contributed by atoms with Crippen LogP contribution in [0.4, 0.5) is 5.82 Å². The van der Waals surface area contributed by atoms with Gasteiger partial charge in [-0.1, -0.05) is 36.6 Å². The highest BCUT2D eigenvalue weighted by atomic mass is 35.5. The zero-order valence-electron chi connectivity index (χ0n) is 19.3. The Morgan fingerprint density at radius 2 is 1.82 bits per heavy atom.